The van der Waals surface area contributed by atoms with Crippen molar-refractivity contribution in [1.29, 1.82) is 0 Å². The molecular weight excluding hydrogens is 267 g/mol. The number of carbonyl (C=O) groups is 1. The number of carboxylic acids is 1. The maximum atomic E-state index is 10.3. The zero-order chi connectivity index (χ0) is 13.0. The van der Waals surface area contributed by atoms with Gasteiger partial charge in [-0.1, -0.05) is 42.0 Å². The average molecular weight is 280 g/mol. The number of ether oxygens (including phenoxy) is 1. The van der Waals surface area contributed by atoms with E-state index >= 15 is 0 Å². The molecule has 2 aromatic rings. The molecular formula is C15H13KO3. The molecule has 0 unspecified atom stereocenters. The first-order valence-corrected chi connectivity index (χ1v) is 5.65. The molecule has 0 saturated heterocycles. The van der Waals surface area contributed by atoms with Gasteiger partial charge in [-0.15, -0.1) is 0 Å². The van der Waals surface area contributed by atoms with Crippen molar-refractivity contribution in [2.24, 2.45) is 0 Å². The van der Waals surface area contributed by atoms with Crippen molar-refractivity contribution in [3.8, 4) is 16.9 Å². The summed E-state index contributed by atoms with van der Waals surface area (Å²) in [4.78, 5) is 10.3. The van der Waals surface area contributed by atoms with Gasteiger partial charge in [0.2, 0.25) is 0 Å². The van der Waals surface area contributed by atoms with Gasteiger partial charge in [0.15, 0.2) is 0 Å². The Morgan fingerprint density at radius 2 is 1.47 bits per heavy atom. The Bertz CT molecular complexity index is 532. The molecule has 0 spiro atoms. The van der Waals surface area contributed by atoms with E-state index in [2.05, 4.69) is 12.1 Å². The van der Waals surface area contributed by atoms with Crippen LogP contribution in [-0.4, -0.2) is 12.6 Å². The van der Waals surface area contributed by atoms with Crippen LogP contribution in [0.5, 0.6) is 5.75 Å². The van der Waals surface area contributed by atoms with E-state index in [0.29, 0.717) is 5.75 Å². The number of carbonyl (C=O) groups excluding carboxylic acids is 1. The molecule has 0 N–H and O–H groups in total. The Kier molecular flexibility index (Phi) is 6.75. The zero-order valence-electron chi connectivity index (χ0n) is 11.1. The first-order valence-electron chi connectivity index (χ1n) is 5.65. The van der Waals surface area contributed by atoms with Crippen LogP contribution in [0.25, 0.3) is 11.1 Å². The van der Waals surface area contributed by atoms with Gasteiger partial charge in [-0.2, -0.15) is 0 Å². The number of aliphatic carboxylic acids is 1. The quantitative estimate of drug-likeness (QED) is 0.661. The van der Waals surface area contributed by atoms with Gasteiger partial charge in [0, 0.05) is 0 Å². The van der Waals surface area contributed by atoms with Crippen LogP contribution in [0.4, 0.5) is 0 Å². The number of hydrogen-bond acceptors (Lipinski definition) is 3. The van der Waals surface area contributed by atoms with Crippen LogP contribution < -0.4 is 61.2 Å². The SMILES string of the molecule is Cc1ccc(-c2ccc(OCC(=O)[O-])cc2)cc1.[K+]. The third-order valence-corrected chi connectivity index (χ3v) is 2.60. The van der Waals surface area contributed by atoms with Crippen LogP contribution >= 0.6 is 0 Å². The van der Waals surface area contributed by atoms with E-state index in [4.69, 9.17) is 4.74 Å². The van der Waals surface area contributed by atoms with Gasteiger partial charge in [-0.25, -0.2) is 0 Å². The minimum Gasteiger partial charge on any atom is -0.546 e. The van der Waals surface area contributed by atoms with E-state index < -0.39 is 12.6 Å². The molecule has 0 heterocycles. The van der Waals surface area contributed by atoms with Crippen LogP contribution in [0.15, 0.2) is 48.5 Å². The Labute approximate surface area is 155 Å². The summed E-state index contributed by atoms with van der Waals surface area (Å²) in [5.41, 5.74) is 3.40. The molecule has 19 heavy (non-hydrogen) atoms. The predicted octanol–water partition coefficient (Wildman–Crippen LogP) is -1.21. The van der Waals surface area contributed by atoms with Gasteiger partial charge in [-0.05, 0) is 30.2 Å². The number of aryl methyl sites for hydroxylation is 1. The molecule has 0 radical (unpaired) electrons. The molecule has 0 aliphatic rings. The zero-order valence-corrected chi connectivity index (χ0v) is 14.2. The molecule has 0 aliphatic carbocycles. The largest absolute Gasteiger partial charge is 1.00 e. The maximum absolute atomic E-state index is 10.3. The second-order valence-corrected chi connectivity index (χ2v) is 4.05. The molecule has 0 aliphatic heterocycles. The predicted molar refractivity (Wildman–Crippen MR) is 67.1 cm³/mol. The Morgan fingerprint density at radius 3 is 1.95 bits per heavy atom. The van der Waals surface area contributed by atoms with Crippen LogP contribution in [-0.2, 0) is 4.79 Å². The molecule has 0 fully saturated rings. The molecule has 4 heteroatoms. The van der Waals surface area contributed by atoms with E-state index in [1.165, 1.54) is 5.56 Å². The van der Waals surface area contributed by atoms with Crippen molar-refractivity contribution in [3.63, 3.8) is 0 Å². The Morgan fingerprint density at radius 1 is 1.00 bits per heavy atom. The van der Waals surface area contributed by atoms with Crippen molar-refractivity contribution < 1.29 is 66.0 Å². The fourth-order valence-corrected chi connectivity index (χ4v) is 1.63. The van der Waals surface area contributed by atoms with E-state index in [-0.39, 0.29) is 51.4 Å². The minimum absolute atomic E-state index is 0. The third-order valence-electron chi connectivity index (χ3n) is 2.60. The van der Waals surface area contributed by atoms with Crippen molar-refractivity contribution in [3.05, 3.63) is 54.1 Å². The van der Waals surface area contributed by atoms with Crippen LogP contribution in [0.2, 0.25) is 0 Å². The summed E-state index contributed by atoms with van der Waals surface area (Å²) in [5.74, 6) is -0.701. The van der Waals surface area contributed by atoms with Crippen molar-refractivity contribution in [2.45, 2.75) is 6.92 Å². The van der Waals surface area contributed by atoms with E-state index in [9.17, 15) is 9.90 Å². The summed E-state index contributed by atoms with van der Waals surface area (Å²) in [5, 5.41) is 10.3. The molecule has 2 aromatic carbocycles. The molecule has 2 rings (SSSR count). The molecule has 3 nitrogen and oxygen atoms in total. The number of hydrogen-bond donors (Lipinski definition) is 0. The normalized spacial score (nSPS) is 9.53. The number of carboxylic acid groups (broad SMARTS) is 1. The minimum atomic E-state index is -1.22. The van der Waals surface area contributed by atoms with Crippen LogP contribution in [0.3, 0.4) is 0 Å². The van der Waals surface area contributed by atoms with Crippen molar-refractivity contribution >= 4 is 5.97 Å². The van der Waals surface area contributed by atoms with Crippen LogP contribution in [0, 0.1) is 6.92 Å². The van der Waals surface area contributed by atoms with E-state index in [0.717, 1.165) is 11.1 Å². The fraction of sp³-hybridized carbons (Fsp3) is 0.133. The molecule has 0 aromatic heterocycles. The van der Waals surface area contributed by atoms with Crippen molar-refractivity contribution in [1.82, 2.24) is 0 Å². The third kappa shape index (κ3) is 5.08. The van der Waals surface area contributed by atoms with Gasteiger partial charge in [0.25, 0.3) is 0 Å². The summed E-state index contributed by atoms with van der Waals surface area (Å²) >= 11 is 0. The van der Waals surface area contributed by atoms with Gasteiger partial charge in [0.05, 0.1) is 5.97 Å². The molecule has 0 amide bonds. The van der Waals surface area contributed by atoms with Crippen molar-refractivity contribution in [2.75, 3.05) is 6.61 Å². The van der Waals surface area contributed by atoms with Gasteiger partial charge in [-0.3, -0.25) is 0 Å². The standard InChI is InChI=1S/C15H14O3.K/c1-11-2-4-12(5-3-11)13-6-8-14(9-7-13)18-10-15(16)17;/h2-9H,10H2,1H3,(H,16,17);/q;+1/p-1. The monoisotopic (exact) mass is 280 g/mol. The Hall–Kier alpha value is -0.654. The summed E-state index contributed by atoms with van der Waals surface area (Å²) in [7, 11) is 0. The Balaban J connectivity index is 0.00000180. The first kappa shape index (κ1) is 16.4. The second kappa shape index (κ2) is 7.82. The summed E-state index contributed by atoms with van der Waals surface area (Å²) in [6, 6.07) is 15.5. The topological polar surface area (TPSA) is 49.4 Å². The van der Waals surface area contributed by atoms with Crippen LogP contribution in [0.1, 0.15) is 5.56 Å². The second-order valence-electron chi connectivity index (χ2n) is 4.05. The molecule has 0 bridgehead atoms. The molecule has 0 atom stereocenters. The van der Waals surface area contributed by atoms with Gasteiger partial charge < -0.3 is 14.6 Å². The molecule has 0 saturated carbocycles. The van der Waals surface area contributed by atoms with Gasteiger partial charge in [0.1, 0.15) is 12.4 Å². The summed E-state index contributed by atoms with van der Waals surface area (Å²) < 4.78 is 5.02. The number of benzene rings is 2. The molecule has 92 valence electrons. The average Bonchev–Trinajstić information content (AvgIpc) is 2.38. The smallest absolute Gasteiger partial charge is 0.546 e. The first-order chi connectivity index (χ1) is 8.65. The van der Waals surface area contributed by atoms with Gasteiger partial charge >= 0.3 is 51.4 Å². The number of rotatable bonds is 4. The summed E-state index contributed by atoms with van der Waals surface area (Å²) in [6.07, 6.45) is 0. The maximum Gasteiger partial charge on any atom is 1.00 e. The van der Waals surface area contributed by atoms with E-state index in [1.807, 2.05) is 31.2 Å². The fourth-order valence-electron chi connectivity index (χ4n) is 1.63. The van der Waals surface area contributed by atoms with E-state index in [1.54, 1.807) is 12.1 Å². The summed E-state index contributed by atoms with van der Waals surface area (Å²) in [6.45, 7) is 1.62.